The summed E-state index contributed by atoms with van der Waals surface area (Å²) < 4.78 is 0. The molecule has 1 unspecified atom stereocenters. The molecule has 0 aromatic rings. The van der Waals surface area contributed by atoms with Crippen molar-refractivity contribution in [2.45, 2.75) is 70.9 Å². The Bertz CT molecular complexity index is 280. The zero-order chi connectivity index (χ0) is 13.1. The molecule has 3 heteroatoms. The summed E-state index contributed by atoms with van der Waals surface area (Å²) in [6.45, 7) is 5.41. The van der Waals surface area contributed by atoms with E-state index in [1.54, 1.807) is 0 Å². The van der Waals surface area contributed by atoms with Crippen LogP contribution in [0.15, 0.2) is 0 Å². The quantitative estimate of drug-likeness (QED) is 0.757. The van der Waals surface area contributed by atoms with Crippen molar-refractivity contribution >= 4 is 5.97 Å². The van der Waals surface area contributed by atoms with Crippen LogP contribution >= 0.6 is 0 Å². The van der Waals surface area contributed by atoms with E-state index < -0.39 is 5.97 Å². The second kappa shape index (κ2) is 6.05. The molecular formula is C15H27NO2. The van der Waals surface area contributed by atoms with Crippen LogP contribution < -0.4 is 0 Å². The van der Waals surface area contributed by atoms with Crippen molar-refractivity contribution in [2.24, 2.45) is 11.8 Å². The highest BCUT2D eigenvalue weighted by Crippen LogP contribution is 2.38. The van der Waals surface area contributed by atoms with Gasteiger partial charge < -0.3 is 5.11 Å². The van der Waals surface area contributed by atoms with Crippen LogP contribution in [-0.4, -0.2) is 34.6 Å². The van der Waals surface area contributed by atoms with Gasteiger partial charge in [0.25, 0.3) is 0 Å². The van der Waals surface area contributed by atoms with E-state index in [2.05, 4.69) is 18.7 Å². The lowest BCUT2D eigenvalue weighted by Gasteiger charge is -2.34. The summed E-state index contributed by atoms with van der Waals surface area (Å²) in [6, 6.07) is 0.331. The zero-order valence-electron chi connectivity index (χ0n) is 11.8. The van der Waals surface area contributed by atoms with Gasteiger partial charge >= 0.3 is 5.97 Å². The lowest BCUT2D eigenvalue weighted by atomic mass is 10.0. The SMILES string of the molecule is CC(C)CCN(C1CCCC1)C(C(=O)O)C1CC1. The Kier molecular flexibility index (Phi) is 4.66. The number of carbonyl (C=O) groups is 1. The van der Waals surface area contributed by atoms with Gasteiger partial charge in [-0.1, -0.05) is 26.7 Å². The largest absolute Gasteiger partial charge is 0.480 e. The Morgan fingerprint density at radius 2 is 1.83 bits per heavy atom. The van der Waals surface area contributed by atoms with Gasteiger partial charge in [-0.3, -0.25) is 9.69 Å². The number of hydrogen-bond donors (Lipinski definition) is 1. The predicted molar refractivity (Wildman–Crippen MR) is 72.6 cm³/mol. The average molecular weight is 253 g/mol. The first-order valence-corrected chi connectivity index (χ1v) is 7.58. The molecule has 0 aromatic carbocycles. The van der Waals surface area contributed by atoms with E-state index in [9.17, 15) is 9.90 Å². The van der Waals surface area contributed by atoms with Crippen LogP contribution in [0.2, 0.25) is 0 Å². The monoisotopic (exact) mass is 253 g/mol. The molecule has 0 radical (unpaired) electrons. The van der Waals surface area contributed by atoms with Crippen molar-refractivity contribution in [1.29, 1.82) is 0 Å². The van der Waals surface area contributed by atoms with Gasteiger partial charge in [-0.05, 0) is 50.5 Å². The second-order valence-electron chi connectivity index (χ2n) is 6.48. The van der Waals surface area contributed by atoms with Crippen LogP contribution in [0, 0.1) is 11.8 Å². The van der Waals surface area contributed by atoms with E-state index in [0.717, 1.165) is 25.8 Å². The molecule has 18 heavy (non-hydrogen) atoms. The molecule has 2 aliphatic carbocycles. The summed E-state index contributed by atoms with van der Waals surface area (Å²) in [4.78, 5) is 13.9. The van der Waals surface area contributed by atoms with E-state index in [4.69, 9.17) is 0 Å². The van der Waals surface area contributed by atoms with Gasteiger partial charge in [-0.25, -0.2) is 0 Å². The Morgan fingerprint density at radius 3 is 2.28 bits per heavy atom. The molecule has 2 aliphatic rings. The fourth-order valence-electron chi connectivity index (χ4n) is 3.22. The molecule has 1 N–H and O–H groups in total. The minimum Gasteiger partial charge on any atom is -0.480 e. The second-order valence-corrected chi connectivity index (χ2v) is 6.48. The molecule has 3 nitrogen and oxygen atoms in total. The van der Waals surface area contributed by atoms with E-state index in [1.165, 1.54) is 25.7 Å². The molecule has 2 fully saturated rings. The van der Waals surface area contributed by atoms with Crippen LogP contribution in [0.25, 0.3) is 0 Å². The summed E-state index contributed by atoms with van der Waals surface area (Å²) in [5, 5.41) is 9.54. The number of carboxylic acids is 1. The number of aliphatic carboxylic acids is 1. The Morgan fingerprint density at radius 1 is 1.22 bits per heavy atom. The highest BCUT2D eigenvalue weighted by molar-refractivity contribution is 5.74. The summed E-state index contributed by atoms with van der Waals surface area (Å²) in [6.07, 6.45) is 8.31. The van der Waals surface area contributed by atoms with Gasteiger partial charge in [0.15, 0.2) is 0 Å². The number of rotatable bonds is 7. The Labute approximate surface area is 111 Å². The third-order valence-electron chi connectivity index (χ3n) is 4.44. The smallest absolute Gasteiger partial charge is 0.321 e. The van der Waals surface area contributed by atoms with E-state index in [-0.39, 0.29) is 6.04 Å². The summed E-state index contributed by atoms with van der Waals surface area (Å²) >= 11 is 0. The van der Waals surface area contributed by atoms with E-state index in [1.807, 2.05) is 0 Å². The molecule has 0 aromatic heterocycles. The molecule has 1 atom stereocenters. The number of hydrogen-bond acceptors (Lipinski definition) is 2. The third kappa shape index (κ3) is 3.47. The zero-order valence-corrected chi connectivity index (χ0v) is 11.8. The van der Waals surface area contributed by atoms with Gasteiger partial charge in [0.05, 0.1) is 0 Å². The highest BCUT2D eigenvalue weighted by Gasteiger charge is 2.42. The van der Waals surface area contributed by atoms with Crippen LogP contribution in [0.1, 0.15) is 58.8 Å². The summed E-state index contributed by atoms with van der Waals surface area (Å²) in [7, 11) is 0. The molecule has 2 rings (SSSR count). The van der Waals surface area contributed by atoms with E-state index in [0.29, 0.717) is 17.9 Å². The van der Waals surface area contributed by atoms with Crippen LogP contribution in [0.4, 0.5) is 0 Å². The topological polar surface area (TPSA) is 40.5 Å². The molecule has 2 saturated carbocycles. The lowest BCUT2D eigenvalue weighted by Crippen LogP contribution is -2.48. The van der Waals surface area contributed by atoms with Crippen LogP contribution in [-0.2, 0) is 4.79 Å². The van der Waals surface area contributed by atoms with Crippen molar-refractivity contribution in [3.63, 3.8) is 0 Å². The molecule has 0 aliphatic heterocycles. The third-order valence-corrected chi connectivity index (χ3v) is 4.44. The van der Waals surface area contributed by atoms with Crippen LogP contribution in [0.5, 0.6) is 0 Å². The van der Waals surface area contributed by atoms with Crippen molar-refractivity contribution in [3.8, 4) is 0 Å². The first-order valence-electron chi connectivity index (χ1n) is 7.58. The molecule has 0 bridgehead atoms. The molecule has 0 amide bonds. The van der Waals surface area contributed by atoms with Gasteiger partial charge in [-0.15, -0.1) is 0 Å². The summed E-state index contributed by atoms with van der Waals surface area (Å²) in [5.74, 6) is 0.492. The predicted octanol–water partition coefficient (Wildman–Crippen LogP) is 3.14. The number of carboxylic acid groups (broad SMARTS) is 1. The fraction of sp³-hybridized carbons (Fsp3) is 0.933. The maximum absolute atomic E-state index is 11.6. The normalized spacial score (nSPS) is 22.9. The minimum absolute atomic E-state index is 0.202. The van der Waals surface area contributed by atoms with Crippen molar-refractivity contribution < 1.29 is 9.90 Å². The Balaban J connectivity index is 2.03. The Hall–Kier alpha value is -0.570. The standard InChI is InChI=1S/C15H27NO2/c1-11(2)9-10-16(13-5-3-4-6-13)14(15(17)18)12-7-8-12/h11-14H,3-10H2,1-2H3,(H,17,18). The van der Waals surface area contributed by atoms with Gasteiger partial charge in [0.2, 0.25) is 0 Å². The molecule has 0 spiro atoms. The van der Waals surface area contributed by atoms with Crippen LogP contribution in [0.3, 0.4) is 0 Å². The number of nitrogens with zero attached hydrogens (tertiary/aromatic N) is 1. The minimum atomic E-state index is -0.590. The van der Waals surface area contributed by atoms with Crippen molar-refractivity contribution in [2.75, 3.05) is 6.54 Å². The average Bonchev–Trinajstić information content (AvgIpc) is 2.97. The molecule has 0 saturated heterocycles. The molecule has 0 heterocycles. The summed E-state index contributed by atoms with van der Waals surface area (Å²) in [5.41, 5.74) is 0. The van der Waals surface area contributed by atoms with Crippen molar-refractivity contribution in [1.82, 2.24) is 4.90 Å². The maximum atomic E-state index is 11.6. The van der Waals surface area contributed by atoms with E-state index >= 15 is 0 Å². The van der Waals surface area contributed by atoms with Gasteiger partial charge in [-0.2, -0.15) is 0 Å². The molecule has 104 valence electrons. The fourth-order valence-corrected chi connectivity index (χ4v) is 3.22. The maximum Gasteiger partial charge on any atom is 0.321 e. The molecular weight excluding hydrogens is 226 g/mol. The highest BCUT2D eigenvalue weighted by atomic mass is 16.4. The van der Waals surface area contributed by atoms with Gasteiger partial charge in [0, 0.05) is 6.04 Å². The van der Waals surface area contributed by atoms with Gasteiger partial charge in [0.1, 0.15) is 6.04 Å². The first-order chi connectivity index (χ1) is 8.59. The lowest BCUT2D eigenvalue weighted by molar-refractivity contribution is -0.145. The first kappa shape index (κ1) is 13.9. The van der Waals surface area contributed by atoms with Crippen molar-refractivity contribution in [3.05, 3.63) is 0 Å².